The van der Waals surface area contributed by atoms with E-state index in [1.54, 1.807) is 0 Å². The second-order valence-electron chi connectivity index (χ2n) is 5.87. The van der Waals surface area contributed by atoms with Gasteiger partial charge in [-0.1, -0.05) is 30.3 Å². The van der Waals surface area contributed by atoms with E-state index in [-0.39, 0.29) is 12.5 Å². The average molecular weight is 289 g/mol. The largest absolute Gasteiger partial charge is 0.342 e. The van der Waals surface area contributed by atoms with Crippen molar-refractivity contribution in [1.29, 1.82) is 0 Å². The molecule has 116 valence electrons. The third-order valence-electron chi connectivity index (χ3n) is 4.24. The number of benzene rings is 1. The Bertz CT molecular complexity index is 435. The molecule has 1 atom stereocenters. The van der Waals surface area contributed by atoms with Crippen LogP contribution in [-0.4, -0.2) is 48.4 Å². The maximum absolute atomic E-state index is 11.8. The normalized spacial score (nSPS) is 19.4. The SMILES string of the molecule is CCN(C[C@H]1CCCN(Cc2ccccc2)C1)C(=O)CN. The fourth-order valence-electron chi connectivity index (χ4n) is 3.13. The Morgan fingerprint density at radius 2 is 2.14 bits per heavy atom. The first kappa shape index (κ1) is 16.0. The molecular weight excluding hydrogens is 262 g/mol. The van der Waals surface area contributed by atoms with Gasteiger partial charge in [0.15, 0.2) is 0 Å². The predicted octanol–water partition coefficient (Wildman–Crippen LogP) is 1.71. The highest BCUT2D eigenvalue weighted by Gasteiger charge is 2.23. The Labute approximate surface area is 127 Å². The number of piperidine rings is 1. The number of nitrogens with zero attached hydrogens (tertiary/aromatic N) is 2. The molecule has 1 amide bonds. The third kappa shape index (κ3) is 4.83. The summed E-state index contributed by atoms with van der Waals surface area (Å²) in [4.78, 5) is 16.2. The van der Waals surface area contributed by atoms with Gasteiger partial charge in [0, 0.05) is 26.2 Å². The van der Waals surface area contributed by atoms with E-state index in [1.807, 2.05) is 11.8 Å². The number of likely N-dealkylation sites (N-methyl/N-ethyl adjacent to an activating group) is 1. The van der Waals surface area contributed by atoms with Crippen LogP contribution in [0.1, 0.15) is 25.3 Å². The molecule has 0 aliphatic carbocycles. The fraction of sp³-hybridized carbons (Fsp3) is 0.588. The molecule has 1 saturated heterocycles. The summed E-state index contributed by atoms with van der Waals surface area (Å²) in [6.07, 6.45) is 2.42. The molecule has 1 heterocycles. The first-order valence-corrected chi connectivity index (χ1v) is 7.97. The average Bonchev–Trinajstić information content (AvgIpc) is 2.53. The van der Waals surface area contributed by atoms with E-state index in [4.69, 9.17) is 5.73 Å². The van der Waals surface area contributed by atoms with E-state index in [2.05, 4.69) is 35.2 Å². The van der Waals surface area contributed by atoms with Crippen molar-refractivity contribution in [1.82, 2.24) is 9.80 Å². The molecule has 4 heteroatoms. The van der Waals surface area contributed by atoms with Crippen LogP contribution in [0.25, 0.3) is 0 Å². The Balaban J connectivity index is 1.87. The van der Waals surface area contributed by atoms with Crippen molar-refractivity contribution in [2.75, 3.05) is 32.7 Å². The van der Waals surface area contributed by atoms with Gasteiger partial charge >= 0.3 is 0 Å². The first-order valence-electron chi connectivity index (χ1n) is 7.97. The summed E-state index contributed by atoms with van der Waals surface area (Å²) in [5.74, 6) is 0.635. The summed E-state index contributed by atoms with van der Waals surface area (Å²) in [6.45, 7) is 6.98. The van der Waals surface area contributed by atoms with E-state index < -0.39 is 0 Å². The van der Waals surface area contributed by atoms with E-state index >= 15 is 0 Å². The van der Waals surface area contributed by atoms with Crippen molar-refractivity contribution in [3.8, 4) is 0 Å². The molecule has 21 heavy (non-hydrogen) atoms. The number of hydrogen-bond acceptors (Lipinski definition) is 3. The van der Waals surface area contributed by atoms with Gasteiger partial charge in [-0.15, -0.1) is 0 Å². The summed E-state index contributed by atoms with van der Waals surface area (Å²) >= 11 is 0. The lowest BCUT2D eigenvalue weighted by atomic mass is 9.97. The van der Waals surface area contributed by atoms with Crippen LogP contribution in [-0.2, 0) is 11.3 Å². The van der Waals surface area contributed by atoms with Crippen LogP contribution in [0.2, 0.25) is 0 Å². The van der Waals surface area contributed by atoms with Gasteiger partial charge in [-0.05, 0) is 37.8 Å². The number of hydrogen-bond donors (Lipinski definition) is 1. The van der Waals surface area contributed by atoms with Gasteiger partial charge in [-0.2, -0.15) is 0 Å². The van der Waals surface area contributed by atoms with Gasteiger partial charge in [0.1, 0.15) is 0 Å². The summed E-state index contributed by atoms with van der Waals surface area (Å²) in [5.41, 5.74) is 6.85. The molecule has 1 aromatic carbocycles. The van der Waals surface area contributed by atoms with Crippen LogP contribution in [0, 0.1) is 5.92 Å². The molecule has 2 rings (SSSR count). The quantitative estimate of drug-likeness (QED) is 0.867. The zero-order valence-corrected chi connectivity index (χ0v) is 13.0. The maximum atomic E-state index is 11.8. The van der Waals surface area contributed by atoms with Crippen LogP contribution in [0.5, 0.6) is 0 Å². The summed E-state index contributed by atoms with van der Waals surface area (Å²) in [7, 11) is 0. The van der Waals surface area contributed by atoms with Crippen molar-refractivity contribution in [3.63, 3.8) is 0 Å². The Kier molecular flexibility index (Phi) is 6.21. The van der Waals surface area contributed by atoms with Crippen LogP contribution in [0.3, 0.4) is 0 Å². The number of rotatable bonds is 6. The lowest BCUT2D eigenvalue weighted by Gasteiger charge is -2.35. The monoisotopic (exact) mass is 289 g/mol. The number of carbonyl (C=O) groups excluding carboxylic acids is 1. The molecule has 0 saturated carbocycles. The predicted molar refractivity (Wildman–Crippen MR) is 85.8 cm³/mol. The highest BCUT2D eigenvalue weighted by atomic mass is 16.2. The van der Waals surface area contributed by atoms with E-state index in [0.717, 1.165) is 32.7 Å². The zero-order valence-electron chi connectivity index (χ0n) is 13.0. The number of amides is 1. The highest BCUT2D eigenvalue weighted by Crippen LogP contribution is 2.19. The molecule has 0 radical (unpaired) electrons. The highest BCUT2D eigenvalue weighted by molar-refractivity contribution is 5.77. The molecule has 1 aliphatic rings. The number of likely N-dealkylation sites (tertiary alicyclic amines) is 1. The van der Waals surface area contributed by atoms with Crippen molar-refractivity contribution < 1.29 is 4.79 Å². The molecule has 1 aromatic rings. The van der Waals surface area contributed by atoms with Crippen molar-refractivity contribution in [3.05, 3.63) is 35.9 Å². The zero-order chi connectivity index (χ0) is 15.1. The molecule has 0 bridgehead atoms. The maximum Gasteiger partial charge on any atom is 0.236 e. The standard InChI is InChI=1S/C17H27N3O/c1-2-20(17(21)11-18)14-16-9-6-10-19(13-16)12-15-7-4-3-5-8-15/h3-5,7-8,16H,2,6,9-14,18H2,1H3/t16-/m0/s1. The minimum Gasteiger partial charge on any atom is -0.342 e. The van der Waals surface area contributed by atoms with Crippen LogP contribution >= 0.6 is 0 Å². The number of nitrogens with two attached hydrogens (primary N) is 1. The molecule has 0 aromatic heterocycles. The first-order chi connectivity index (χ1) is 10.2. The topological polar surface area (TPSA) is 49.6 Å². The van der Waals surface area contributed by atoms with Crippen LogP contribution < -0.4 is 5.73 Å². The Morgan fingerprint density at radius 3 is 2.81 bits per heavy atom. The minimum atomic E-state index is 0.0673. The lowest BCUT2D eigenvalue weighted by Crippen LogP contribution is -2.44. The minimum absolute atomic E-state index is 0.0673. The van der Waals surface area contributed by atoms with E-state index in [9.17, 15) is 4.79 Å². The van der Waals surface area contributed by atoms with Crippen LogP contribution in [0.15, 0.2) is 30.3 Å². The van der Waals surface area contributed by atoms with Gasteiger partial charge in [-0.25, -0.2) is 0 Å². The molecule has 1 aliphatic heterocycles. The Morgan fingerprint density at radius 1 is 1.38 bits per heavy atom. The van der Waals surface area contributed by atoms with E-state index in [1.165, 1.54) is 18.4 Å². The van der Waals surface area contributed by atoms with Gasteiger partial charge < -0.3 is 10.6 Å². The van der Waals surface area contributed by atoms with E-state index in [0.29, 0.717) is 5.92 Å². The Hall–Kier alpha value is -1.39. The van der Waals surface area contributed by atoms with Crippen molar-refractivity contribution in [2.45, 2.75) is 26.3 Å². The smallest absolute Gasteiger partial charge is 0.236 e. The summed E-state index contributed by atoms with van der Waals surface area (Å²) in [5, 5.41) is 0. The molecule has 4 nitrogen and oxygen atoms in total. The second kappa shape index (κ2) is 8.15. The lowest BCUT2D eigenvalue weighted by molar-refractivity contribution is -0.130. The van der Waals surface area contributed by atoms with Gasteiger partial charge in [-0.3, -0.25) is 9.69 Å². The molecule has 0 spiro atoms. The number of carbonyl (C=O) groups is 1. The molecule has 1 fully saturated rings. The van der Waals surface area contributed by atoms with Crippen molar-refractivity contribution >= 4 is 5.91 Å². The molecule has 0 unspecified atom stereocenters. The van der Waals surface area contributed by atoms with Gasteiger partial charge in [0.05, 0.1) is 6.54 Å². The third-order valence-corrected chi connectivity index (χ3v) is 4.24. The molecule has 2 N–H and O–H groups in total. The fourth-order valence-corrected chi connectivity index (χ4v) is 3.13. The van der Waals surface area contributed by atoms with Crippen LogP contribution in [0.4, 0.5) is 0 Å². The molecular formula is C17H27N3O. The summed E-state index contributed by atoms with van der Waals surface area (Å²) < 4.78 is 0. The summed E-state index contributed by atoms with van der Waals surface area (Å²) in [6, 6.07) is 10.6. The van der Waals surface area contributed by atoms with Gasteiger partial charge in [0.25, 0.3) is 0 Å². The van der Waals surface area contributed by atoms with Gasteiger partial charge in [0.2, 0.25) is 5.91 Å². The second-order valence-corrected chi connectivity index (χ2v) is 5.87. The van der Waals surface area contributed by atoms with Crippen molar-refractivity contribution in [2.24, 2.45) is 11.7 Å².